The van der Waals surface area contributed by atoms with Crippen LogP contribution in [0.5, 0.6) is 5.75 Å². The molecule has 3 aromatic carbocycles. The van der Waals surface area contributed by atoms with E-state index in [9.17, 15) is 4.79 Å². The van der Waals surface area contributed by atoms with Crippen molar-refractivity contribution < 1.29 is 14.6 Å². The summed E-state index contributed by atoms with van der Waals surface area (Å²) in [5.74, 6) is -0.139. The van der Waals surface area contributed by atoms with Crippen molar-refractivity contribution >= 4 is 12.0 Å². The van der Waals surface area contributed by atoms with E-state index in [1.807, 2.05) is 78.9 Å². The van der Waals surface area contributed by atoms with Crippen LogP contribution in [0.4, 0.5) is 0 Å². The molecule has 0 saturated heterocycles. The van der Waals surface area contributed by atoms with Gasteiger partial charge in [0.1, 0.15) is 12.4 Å². The number of carbonyl (C=O) groups is 1. The summed E-state index contributed by atoms with van der Waals surface area (Å²) in [5, 5.41) is 8.72. The molecule has 0 radical (unpaired) electrons. The Labute approximate surface area is 146 Å². The summed E-state index contributed by atoms with van der Waals surface area (Å²) in [6.45, 7) is 0.537. The number of ether oxygens (including phenoxy) is 1. The number of rotatable bonds is 6. The lowest BCUT2D eigenvalue weighted by Crippen LogP contribution is -1.94. The van der Waals surface area contributed by atoms with Crippen molar-refractivity contribution in [2.75, 3.05) is 0 Å². The Kier molecular flexibility index (Phi) is 5.27. The van der Waals surface area contributed by atoms with Crippen molar-refractivity contribution in [2.24, 2.45) is 0 Å². The van der Waals surface area contributed by atoms with Gasteiger partial charge in [0.05, 0.1) is 0 Å². The second-order valence-electron chi connectivity index (χ2n) is 5.60. The van der Waals surface area contributed by atoms with Gasteiger partial charge >= 0.3 is 5.97 Å². The van der Waals surface area contributed by atoms with E-state index in [1.165, 1.54) is 0 Å². The highest BCUT2D eigenvalue weighted by Gasteiger charge is 2.01. The standard InChI is InChI=1S/C22H18O3/c23-22(24)14-9-17-7-4-8-20(15-17)19-10-12-21(13-11-19)25-16-18-5-2-1-3-6-18/h1-15H,16H2,(H,23,24). The maximum Gasteiger partial charge on any atom is 0.328 e. The van der Waals surface area contributed by atoms with Crippen molar-refractivity contribution in [1.29, 1.82) is 0 Å². The van der Waals surface area contributed by atoms with Crippen LogP contribution >= 0.6 is 0 Å². The number of hydrogen-bond donors (Lipinski definition) is 1. The molecule has 0 bridgehead atoms. The molecule has 0 amide bonds. The lowest BCUT2D eigenvalue weighted by Gasteiger charge is -2.08. The van der Waals surface area contributed by atoms with Crippen LogP contribution in [-0.2, 0) is 11.4 Å². The number of benzene rings is 3. The van der Waals surface area contributed by atoms with Crippen LogP contribution in [-0.4, -0.2) is 11.1 Å². The highest BCUT2D eigenvalue weighted by Crippen LogP contribution is 2.24. The molecule has 0 atom stereocenters. The van der Waals surface area contributed by atoms with Crippen molar-refractivity contribution in [3.05, 3.63) is 96.1 Å². The Morgan fingerprint density at radius 3 is 2.36 bits per heavy atom. The third-order valence-electron chi connectivity index (χ3n) is 3.74. The normalized spacial score (nSPS) is 10.7. The third kappa shape index (κ3) is 4.82. The quantitative estimate of drug-likeness (QED) is 0.645. The molecule has 25 heavy (non-hydrogen) atoms. The predicted molar refractivity (Wildman–Crippen MR) is 99.3 cm³/mol. The van der Waals surface area contributed by atoms with Crippen LogP contribution in [0.2, 0.25) is 0 Å². The molecule has 0 fully saturated rings. The first-order valence-electron chi connectivity index (χ1n) is 7.99. The SMILES string of the molecule is O=C(O)C=Cc1cccc(-c2ccc(OCc3ccccc3)cc2)c1. The van der Waals surface area contributed by atoms with Gasteiger partial charge in [-0.2, -0.15) is 0 Å². The third-order valence-corrected chi connectivity index (χ3v) is 3.74. The first kappa shape index (κ1) is 16.5. The maximum absolute atomic E-state index is 10.6. The number of aliphatic carboxylic acids is 1. The van der Waals surface area contributed by atoms with Crippen LogP contribution in [0.3, 0.4) is 0 Å². The van der Waals surface area contributed by atoms with E-state index >= 15 is 0 Å². The fourth-order valence-electron chi connectivity index (χ4n) is 2.47. The Morgan fingerprint density at radius 2 is 1.64 bits per heavy atom. The zero-order valence-corrected chi connectivity index (χ0v) is 13.6. The molecule has 124 valence electrons. The molecule has 0 aliphatic heterocycles. The van der Waals surface area contributed by atoms with E-state index in [4.69, 9.17) is 9.84 Å². The lowest BCUT2D eigenvalue weighted by molar-refractivity contribution is -0.131. The van der Waals surface area contributed by atoms with Gasteiger partial charge < -0.3 is 9.84 Å². The van der Waals surface area contributed by atoms with Crippen molar-refractivity contribution in [3.63, 3.8) is 0 Å². The van der Waals surface area contributed by atoms with Crippen LogP contribution < -0.4 is 4.74 Å². The van der Waals surface area contributed by atoms with Gasteiger partial charge in [-0.05, 0) is 46.5 Å². The molecular formula is C22H18O3. The molecule has 3 rings (SSSR count). The van der Waals surface area contributed by atoms with Gasteiger partial charge in [0.15, 0.2) is 0 Å². The molecule has 0 unspecified atom stereocenters. The fourth-order valence-corrected chi connectivity index (χ4v) is 2.47. The summed E-state index contributed by atoms with van der Waals surface area (Å²) in [4.78, 5) is 10.6. The smallest absolute Gasteiger partial charge is 0.328 e. The second kappa shape index (κ2) is 7.97. The monoisotopic (exact) mass is 330 g/mol. The van der Waals surface area contributed by atoms with Crippen LogP contribution in [0.15, 0.2) is 84.9 Å². The molecule has 0 heterocycles. The van der Waals surface area contributed by atoms with Crippen molar-refractivity contribution in [2.45, 2.75) is 6.61 Å². The Hall–Kier alpha value is -3.33. The summed E-state index contributed by atoms with van der Waals surface area (Å²) in [5.41, 5.74) is 4.06. The van der Waals surface area contributed by atoms with E-state index < -0.39 is 5.97 Å². The van der Waals surface area contributed by atoms with Crippen molar-refractivity contribution in [3.8, 4) is 16.9 Å². The Balaban J connectivity index is 1.70. The van der Waals surface area contributed by atoms with Gasteiger partial charge in [-0.25, -0.2) is 4.79 Å². The Bertz CT molecular complexity index is 865. The topological polar surface area (TPSA) is 46.5 Å². The molecule has 1 N–H and O–H groups in total. The number of carboxylic acid groups (broad SMARTS) is 1. The van der Waals surface area contributed by atoms with E-state index in [0.717, 1.165) is 34.1 Å². The molecule has 0 spiro atoms. The second-order valence-corrected chi connectivity index (χ2v) is 5.60. The highest BCUT2D eigenvalue weighted by molar-refractivity contribution is 5.85. The van der Waals surface area contributed by atoms with Crippen LogP contribution in [0.25, 0.3) is 17.2 Å². The van der Waals surface area contributed by atoms with Gasteiger partial charge in [-0.3, -0.25) is 0 Å². The van der Waals surface area contributed by atoms with E-state index in [1.54, 1.807) is 6.08 Å². The minimum absolute atomic E-state index is 0.537. The predicted octanol–water partition coefficient (Wildman–Crippen LogP) is 5.03. The molecule has 3 nitrogen and oxygen atoms in total. The largest absolute Gasteiger partial charge is 0.489 e. The zero-order chi connectivity index (χ0) is 17.5. The molecule has 0 aliphatic rings. The Morgan fingerprint density at radius 1 is 0.880 bits per heavy atom. The molecule has 3 heteroatoms. The number of hydrogen-bond acceptors (Lipinski definition) is 2. The first-order valence-corrected chi connectivity index (χ1v) is 7.99. The van der Waals surface area contributed by atoms with Crippen LogP contribution in [0.1, 0.15) is 11.1 Å². The molecule has 0 saturated carbocycles. The maximum atomic E-state index is 10.6. The zero-order valence-electron chi connectivity index (χ0n) is 13.6. The van der Waals surface area contributed by atoms with Gasteiger partial charge in [-0.15, -0.1) is 0 Å². The first-order chi connectivity index (χ1) is 12.2. The van der Waals surface area contributed by atoms with Crippen LogP contribution in [0, 0.1) is 0 Å². The molecule has 3 aromatic rings. The summed E-state index contributed by atoms with van der Waals surface area (Å²) < 4.78 is 5.80. The average molecular weight is 330 g/mol. The minimum atomic E-state index is -0.953. The van der Waals surface area contributed by atoms with Crippen molar-refractivity contribution in [1.82, 2.24) is 0 Å². The highest BCUT2D eigenvalue weighted by atomic mass is 16.5. The molecular weight excluding hydrogens is 312 g/mol. The summed E-state index contributed by atoms with van der Waals surface area (Å²) in [7, 11) is 0. The summed E-state index contributed by atoms with van der Waals surface area (Å²) in [6, 6.07) is 25.7. The molecule has 0 aliphatic carbocycles. The fraction of sp³-hybridized carbons (Fsp3) is 0.0455. The van der Waals surface area contributed by atoms with E-state index in [0.29, 0.717) is 6.61 Å². The van der Waals surface area contributed by atoms with Gasteiger partial charge in [0.25, 0.3) is 0 Å². The number of carboxylic acids is 1. The molecule has 0 aromatic heterocycles. The summed E-state index contributed by atoms with van der Waals surface area (Å²) in [6.07, 6.45) is 2.73. The van der Waals surface area contributed by atoms with Gasteiger partial charge in [-0.1, -0.05) is 60.7 Å². The lowest BCUT2D eigenvalue weighted by atomic mass is 10.0. The van der Waals surface area contributed by atoms with E-state index in [-0.39, 0.29) is 0 Å². The van der Waals surface area contributed by atoms with E-state index in [2.05, 4.69) is 0 Å². The minimum Gasteiger partial charge on any atom is -0.489 e. The van der Waals surface area contributed by atoms with Gasteiger partial charge in [0, 0.05) is 6.08 Å². The van der Waals surface area contributed by atoms with Gasteiger partial charge in [0.2, 0.25) is 0 Å². The summed E-state index contributed by atoms with van der Waals surface area (Å²) >= 11 is 0. The average Bonchev–Trinajstić information content (AvgIpc) is 2.66.